The van der Waals surface area contributed by atoms with Crippen LogP contribution in [0, 0.1) is 0 Å². The number of aromatic nitrogens is 1. The second-order valence-corrected chi connectivity index (χ2v) is 7.24. The highest BCUT2D eigenvalue weighted by atomic mass is 16.5. The van der Waals surface area contributed by atoms with Gasteiger partial charge in [0.2, 0.25) is 11.0 Å². The molecule has 5 aromatic rings. The number of aryl methyl sites for hydroxylation is 1. The molecule has 1 aromatic heterocycles. The number of carbonyl (C=O) groups excluding carboxylic acids is 1. The Morgan fingerprint density at radius 2 is 1.40 bits per heavy atom. The molecule has 4 heteroatoms. The van der Waals surface area contributed by atoms with Crippen LogP contribution < -0.4 is 14.0 Å². The first-order valence-corrected chi connectivity index (χ1v) is 9.75. The van der Waals surface area contributed by atoms with Crippen molar-refractivity contribution in [2.75, 3.05) is 7.11 Å². The molecule has 0 fully saturated rings. The van der Waals surface area contributed by atoms with Crippen LogP contribution >= 0.6 is 0 Å². The first-order valence-electron chi connectivity index (χ1n) is 9.75. The summed E-state index contributed by atoms with van der Waals surface area (Å²) in [5.41, 5.74) is 2.43. The van der Waals surface area contributed by atoms with Crippen molar-refractivity contribution >= 4 is 38.5 Å². The van der Waals surface area contributed by atoms with Crippen LogP contribution in [0.25, 0.3) is 32.6 Å². The van der Waals surface area contributed by atoms with Crippen molar-refractivity contribution < 1.29 is 18.8 Å². The predicted octanol–water partition coefficient (Wildman–Crippen LogP) is 5.20. The first-order chi connectivity index (χ1) is 14.7. The van der Waals surface area contributed by atoms with Gasteiger partial charge in [0, 0.05) is 12.1 Å². The van der Waals surface area contributed by atoms with E-state index in [1.165, 1.54) is 0 Å². The fraction of sp³-hybridized carbons (Fsp3) is 0.0769. The van der Waals surface area contributed by atoms with Crippen LogP contribution in [-0.2, 0) is 7.05 Å². The average molecular weight is 394 g/mol. The molecule has 0 bridgehead atoms. The molecule has 0 saturated carbocycles. The van der Waals surface area contributed by atoms with E-state index >= 15 is 0 Å². The number of ether oxygens (including phenoxy) is 2. The minimum absolute atomic E-state index is 0.389. The van der Waals surface area contributed by atoms with E-state index in [-0.39, 0.29) is 5.97 Å². The molecule has 0 atom stereocenters. The van der Waals surface area contributed by atoms with Crippen LogP contribution in [0.1, 0.15) is 10.4 Å². The van der Waals surface area contributed by atoms with Gasteiger partial charge in [-0.05, 0) is 41.1 Å². The zero-order chi connectivity index (χ0) is 20.7. The van der Waals surface area contributed by atoms with E-state index in [0.717, 1.165) is 32.6 Å². The second kappa shape index (κ2) is 7.16. The topological polar surface area (TPSA) is 39.4 Å². The van der Waals surface area contributed by atoms with Crippen LogP contribution in [0.15, 0.2) is 84.9 Å². The summed E-state index contributed by atoms with van der Waals surface area (Å²) in [6, 6.07) is 27.2. The highest BCUT2D eigenvalue weighted by Crippen LogP contribution is 2.31. The number of rotatable bonds is 3. The third kappa shape index (κ3) is 2.94. The molecule has 0 spiro atoms. The molecule has 146 valence electrons. The number of carbonyl (C=O) groups is 1. The number of methoxy groups -OCH3 is 1. The summed E-state index contributed by atoms with van der Waals surface area (Å²) in [6.07, 6.45) is 0. The molecule has 30 heavy (non-hydrogen) atoms. The number of hydrogen-bond donors (Lipinski definition) is 0. The van der Waals surface area contributed by atoms with Crippen molar-refractivity contribution in [1.82, 2.24) is 0 Å². The van der Waals surface area contributed by atoms with Gasteiger partial charge in [-0.1, -0.05) is 42.5 Å². The smallest absolute Gasteiger partial charge is 0.345 e. The van der Waals surface area contributed by atoms with Crippen molar-refractivity contribution in [1.29, 1.82) is 0 Å². The second-order valence-electron chi connectivity index (χ2n) is 7.24. The summed E-state index contributed by atoms with van der Waals surface area (Å²) in [5, 5.41) is 3.83. The summed E-state index contributed by atoms with van der Waals surface area (Å²) >= 11 is 0. The normalized spacial score (nSPS) is 11.1. The maximum atomic E-state index is 13.4. The third-order valence-electron chi connectivity index (χ3n) is 5.49. The number of fused-ring (bicyclic) bond motifs is 3. The fourth-order valence-corrected chi connectivity index (χ4v) is 3.98. The van der Waals surface area contributed by atoms with Gasteiger partial charge >= 0.3 is 5.97 Å². The number of para-hydroxylation sites is 1. The molecule has 4 aromatic carbocycles. The monoisotopic (exact) mass is 394 g/mol. The van der Waals surface area contributed by atoms with E-state index < -0.39 is 0 Å². The van der Waals surface area contributed by atoms with E-state index in [1.807, 2.05) is 55.6 Å². The minimum atomic E-state index is -0.389. The first kappa shape index (κ1) is 18.1. The molecule has 0 N–H and O–H groups in total. The van der Waals surface area contributed by atoms with Gasteiger partial charge in [-0.2, -0.15) is 4.57 Å². The van der Waals surface area contributed by atoms with Gasteiger partial charge < -0.3 is 9.47 Å². The molecule has 0 aliphatic heterocycles. The number of esters is 1. The standard InChI is InChI=1S/C26H20NO3/c1-27-23-13-12-20(29-2)16-22(23)25(26(28)30-19-10-4-3-5-11-19)21-14-17-8-6-7-9-18(17)15-24(21)27/h3-16H,1-2H3/q+1. The zero-order valence-electron chi connectivity index (χ0n) is 16.8. The fourth-order valence-electron chi connectivity index (χ4n) is 3.98. The molecule has 4 nitrogen and oxygen atoms in total. The molecule has 1 heterocycles. The Morgan fingerprint density at radius 3 is 2.13 bits per heavy atom. The van der Waals surface area contributed by atoms with E-state index in [9.17, 15) is 4.79 Å². The zero-order valence-corrected chi connectivity index (χ0v) is 16.8. The van der Waals surface area contributed by atoms with Gasteiger partial charge in [0.1, 0.15) is 18.5 Å². The Hall–Kier alpha value is -3.92. The average Bonchev–Trinajstić information content (AvgIpc) is 2.78. The Balaban J connectivity index is 1.86. The van der Waals surface area contributed by atoms with Crippen LogP contribution in [0.2, 0.25) is 0 Å². The van der Waals surface area contributed by atoms with Crippen LogP contribution in [0.3, 0.4) is 0 Å². The molecule has 0 amide bonds. The maximum absolute atomic E-state index is 13.4. The molecule has 0 unspecified atom stereocenters. The molecule has 0 radical (unpaired) electrons. The summed E-state index contributed by atoms with van der Waals surface area (Å²) < 4.78 is 13.3. The lowest BCUT2D eigenvalue weighted by Crippen LogP contribution is -2.31. The lowest BCUT2D eigenvalue weighted by Gasteiger charge is -2.12. The Morgan fingerprint density at radius 1 is 0.733 bits per heavy atom. The van der Waals surface area contributed by atoms with Crippen molar-refractivity contribution in [2.24, 2.45) is 7.05 Å². The Bertz CT molecular complexity index is 1420. The van der Waals surface area contributed by atoms with Gasteiger partial charge in [-0.15, -0.1) is 0 Å². The molecule has 0 saturated heterocycles. The van der Waals surface area contributed by atoms with Crippen LogP contribution in [-0.4, -0.2) is 13.1 Å². The molecule has 0 aliphatic rings. The van der Waals surface area contributed by atoms with Gasteiger partial charge in [-0.25, -0.2) is 4.79 Å². The van der Waals surface area contributed by atoms with Gasteiger partial charge in [-0.3, -0.25) is 0 Å². The van der Waals surface area contributed by atoms with E-state index in [0.29, 0.717) is 17.1 Å². The summed E-state index contributed by atoms with van der Waals surface area (Å²) in [5.74, 6) is 0.817. The van der Waals surface area contributed by atoms with E-state index in [2.05, 4.69) is 28.8 Å². The van der Waals surface area contributed by atoms with Gasteiger partial charge in [0.15, 0.2) is 0 Å². The van der Waals surface area contributed by atoms with Gasteiger partial charge in [0.25, 0.3) is 0 Å². The number of hydrogen-bond acceptors (Lipinski definition) is 3. The Labute approximate surface area is 173 Å². The molecule has 0 aliphatic carbocycles. The maximum Gasteiger partial charge on any atom is 0.345 e. The van der Waals surface area contributed by atoms with Crippen LogP contribution in [0.5, 0.6) is 11.5 Å². The molecular weight excluding hydrogens is 374 g/mol. The number of pyridine rings is 1. The van der Waals surface area contributed by atoms with Crippen LogP contribution in [0.4, 0.5) is 0 Å². The quantitative estimate of drug-likeness (QED) is 0.183. The van der Waals surface area contributed by atoms with E-state index in [1.54, 1.807) is 19.2 Å². The third-order valence-corrected chi connectivity index (χ3v) is 5.49. The summed E-state index contributed by atoms with van der Waals surface area (Å²) in [7, 11) is 3.63. The molecule has 5 rings (SSSR count). The van der Waals surface area contributed by atoms with Crippen molar-refractivity contribution in [3.63, 3.8) is 0 Å². The van der Waals surface area contributed by atoms with Crippen molar-refractivity contribution in [2.45, 2.75) is 0 Å². The summed E-state index contributed by atoms with van der Waals surface area (Å²) in [4.78, 5) is 13.4. The van der Waals surface area contributed by atoms with Gasteiger partial charge in [0.05, 0.1) is 23.4 Å². The SMILES string of the molecule is COc1ccc2c(c1)c(C(=O)Oc1ccccc1)c1cc3ccccc3cc1[n+]2C. The number of nitrogens with zero attached hydrogens (tertiary/aromatic N) is 1. The highest BCUT2D eigenvalue weighted by Gasteiger charge is 2.25. The summed E-state index contributed by atoms with van der Waals surface area (Å²) in [6.45, 7) is 0. The largest absolute Gasteiger partial charge is 0.497 e. The Kier molecular flexibility index (Phi) is 4.32. The lowest BCUT2D eigenvalue weighted by atomic mass is 9.98. The number of benzene rings is 4. The molecular formula is C26H20NO3+. The minimum Gasteiger partial charge on any atom is -0.497 e. The van der Waals surface area contributed by atoms with Crippen molar-refractivity contribution in [3.05, 3.63) is 90.5 Å². The van der Waals surface area contributed by atoms with Crippen molar-refractivity contribution in [3.8, 4) is 11.5 Å². The predicted molar refractivity (Wildman–Crippen MR) is 118 cm³/mol. The lowest BCUT2D eigenvalue weighted by molar-refractivity contribution is -0.617. The van der Waals surface area contributed by atoms with E-state index in [4.69, 9.17) is 9.47 Å². The highest BCUT2D eigenvalue weighted by molar-refractivity contribution is 6.15.